The van der Waals surface area contributed by atoms with E-state index >= 15 is 0 Å². The molecule has 0 atom stereocenters. The van der Waals surface area contributed by atoms with Gasteiger partial charge >= 0.3 is 6.03 Å². The monoisotopic (exact) mass is 373 g/mol. The van der Waals surface area contributed by atoms with Crippen molar-refractivity contribution in [2.45, 2.75) is 51.5 Å². The maximum atomic E-state index is 12.6. The van der Waals surface area contributed by atoms with E-state index in [1.807, 2.05) is 32.0 Å². The molecule has 1 spiro atoms. The predicted octanol–water partition coefficient (Wildman–Crippen LogP) is 2.05. The molecule has 1 saturated carbocycles. The molecule has 0 aromatic heterocycles. The lowest BCUT2D eigenvalue weighted by Crippen LogP contribution is -2.49. The third kappa shape index (κ3) is 4.23. The molecule has 7 nitrogen and oxygen atoms in total. The number of hydrogen-bond donors (Lipinski definition) is 2. The van der Waals surface area contributed by atoms with Gasteiger partial charge in [-0.3, -0.25) is 14.5 Å². The first-order valence-electron chi connectivity index (χ1n) is 9.52. The van der Waals surface area contributed by atoms with Crippen molar-refractivity contribution in [3.63, 3.8) is 0 Å². The standard InChI is InChI=1S/C20H27N3O4/c1-14-6-7-16(15(2)12-14)27-11-10-21-17(24)13-23-18(25)20(22-19(23)26)8-4-3-5-9-20/h6-7,12H,3-5,8-11,13H2,1-2H3,(H,21,24)(H,22,26). The van der Waals surface area contributed by atoms with Crippen LogP contribution in [0.4, 0.5) is 4.79 Å². The number of nitrogens with zero attached hydrogens (tertiary/aromatic N) is 1. The SMILES string of the molecule is Cc1ccc(OCCNC(=O)CN2C(=O)NC3(CCCCC3)C2=O)c(C)c1. The number of rotatable bonds is 6. The highest BCUT2D eigenvalue weighted by atomic mass is 16.5. The van der Waals surface area contributed by atoms with Crippen LogP contribution in [0, 0.1) is 13.8 Å². The number of hydrogen-bond acceptors (Lipinski definition) is 4. The van der Waals surface area contributed by atoms with Gasteiger partial charge in [0.2, 0.25) is 5.91 Å². The Balaban J connectivity index is 1.45. The van der Waals surface area contributed by atoms with Crippen molar-refractivity contribution >= 4 is 17.8 Å². The summed E-state index contributed by atoms with van der Waals surface area (Å²) in [7, 11) is 0. The van der Waals surface area contributed by atoms with E-state index in [9.17, 15) is 14.4 Å². The molecule has 2 aliphatic rings. The summed E-state index contributed by atoms with van der Waals surface area (Å²) in [5.74, 6) is 0.146. The molecule has 1 aromatic carbocycles. The molecule has 2 fully saturated rings. The molecule has 1 aromatic rings. The number of carbonyl (C=O) groups excluding carboxylic acids is 3. The molecule has 7 heteroatoms. The van der Waals surface area contributed by atoms with E-state index in [0.717, 1.165) is 41.0 Å². The summed E-state index contributed by atoms with van der Waals surface area (Å²) >= 11 is 0. The first-order chi connectivity index (χ1) is 12.9. The summed E-state index contributed by atoms with van der Waals surface area (Å²) in [4.78, 5) is 38.0. The van der Waals surface area contributed by atoms with Gasteiger partial charge in [0.1, 0.15) is 24.4 Å². The molecule has 3 rings (SSSR count). The highest BCUT2D eigenvalue weighted by Crippen LogP contribution is 2.33. The zero-order chi connectivity index (χ0) is 19.4. The highest BCUT2D eigenvalue weighted by Gasteiger charge is 2.51. The smallest absolute Gasteiger partial charge is 0.325 e. The van der Waals surface area contributed by atoms with Crippen molar-refractivity contribution in [2.75, 3.05) is 19.7 Å². The topological polar surface area (TPSA) is 87.7 Å². The summed E-state index contributed by atoms with van der Waals surface area (Å²) in [6.45, 7) is 4.36. The van der Waals surface area contributed by atoms with E-state index in [2.05, 4.69) is 10.6 Å². The Morgan fingerprint density at radius 3 is 2.67 bits per heavy atom. The molecule has 0 radical (unpaired) electrons. The number of aryl methyl sites for hydroxylation is 2. The van der Waals surface area contributed by atoms with Gasteiger partial charge in [0.25, 0.3) is 5.91 Å². The van der Waals surface area contributed by atoms with E-state index in [1.54, 1.807) is 0 Å². The minimum absolute atomic E-state index is 0.254. The first kappa shape index (κ1) is 19.2. The Kier molecular flexibility index (Phi) is 5.68. The zero-order valence-electron chi connectivity index (χ0n) is 16.0. The minimum Gasteiger partial charge on any atom is -0.491 e. The van der Waals surface area contributed by atoms with E-state index < -0.39 is 11.6 Å². The van der Waals surface area contributed by atoms with E-state index in [4.69, 9.17) is 4.74 Å². The summed E-state index contributed by atoms with van der Waals surface area (Å²) in [5, 5.41) is 5.51. The number of carbonyl (C=O) groups is 3. The maximum absolute atomic E-state index is 12.6. The van der Waals surface area contributed by atoms with Crippen molar-refractivity contribution in [3.8, 4) is 5.75 Å². The molecule has 1 heterocycles. The third-order valence-corrected chi connectivity index (χ3v) is 5.27. The molecule has 0 bridgehead atoms. The molecule has 1 saturated heterocycles. The summed E-state index contributed by atoms with van der Waals surface area (Å²) in [6, 6.07) is 5.44. The van der Waals surface area contributed by atoms with Crippen LogP contribution in [0.2, 0.25) is 0 Å². The van der Waals surface area contributed by atoms with Gasteiger partial charge in [-0.2, -0.15) is 0 Å². The van der Waals surface area contributed by atoms with E-state index in [1.165, 1.54) is 0 Å². The molecule has 0 unspecified atom stereocenters. The van der Waals surface area contributed by atoms with Crippen LogP contribution in [-0.4, -0.2) is 48.0 Å². The largest absolute Gasteiger partial charge is 0.491 e. The third-order valence-electron chi connectivity index (χ3n) is 5.27. The van der Waals surface area contributed by atoms with Crippen molar-refractivity contribution in [1.29, 1.82) is 0 Å². The Bertz CT molecular complexity index is 741. The van der Waals surface area contributed by atoms with Crippen molar-refractivity contribution in [1.82, 2.24) is 15.5 Å². The summed E-state index contributed by atoms with van der Waals surface area (Å²) in [6.07, 6.45) is 4.22. The van der Waals surface area contributed by atoms with Gasteiger partial charge in [-0.15, -0.1) is 0 Å². The molecule has 1 aliphatic heterocycles. The van der Waals surface area contributed by atoms with Crippen molar-refractivity contribution in [3.05, 3.63) is 29.3 Å². The van der Waals surface area contributed by atoms with Gasteiger partial charge in [0, 0.05) is 0 Å². The van der Waals surface area contributed by atoms with Gasteiger partial charge in [-0.1, -0.05) is 37.0 Å². The normalized spacial score (nSPS) is 18.5. The van der Waals surface area contributed by atoms with Gasteiger partial charge in [-0.05, 0) is 38.3 Å². The summed E-state index contributed by atoms with van der Waals surface area (Å²) < 4.78 is 5.67. The van der Waals surface area contributed by atoms with Crippen LogP contribution in [0.3, 0.4) is 0 Å². The molecule has 146 valence electrons. The Labute approximate surface area is 159 Å². The molecule has 2 N–H and O–H groups in total. The Morgan fingerprint density at radius 1 is 1.22 bits per heavy atom. The van der Waals surface area contributed by atoms with Crippen molar-refractivity contribution < 1.29 is 19.1 Å². The second kappa shape index (κ2) is 7.98. The van der Waals surface area contributed by atoms with Gasteiger partial charge in [0.15, 0.2) is 0 Å². The second-order valence-corrected chi connectivity index (χ2v) is 7.43. The highest BCUT2D eigenvalue weighted by molar-refractivity contribution is 6.09. The molecule has 4 amide bonds. The van der Waals surface area contributed by atoms with Crippen LogP contribution in [0.1, 0.15) is 43.2 Å². The molecular weight excluding hydrogens is 346 g/mol. The maximum Gasteiger partial charge on any atom is 0.325 e. The van der Waals surface area contributed by atoms with Crippen LogP contribution in [-0.2, 0) is 9.59 Å². The Morgan fingerprint density at radius 2 is 1.96 bits per heavy atom. The van der Waals surface area contributed by atoms with Crippen LogP contribution in [0.15, 0.2) is 18.2 Å². The molecule has 1 aliphatic carbocycles. The zero-order valence-corrected chi connectivity index (χ0v) is 16.0. The fourth-order valence-corrected chi connectivity index (χ4v) is 3.83. The molecular formula is C20H27N3O4. The average Bonchev–Trinajstić information content (AvgIpc) is 2.85. The lowest BCUT2D eigenvalue weighted by molar-refractivity contribution is -0.135. The quantitative estimate of drug-likeness (QED) is 0.590. The number of benzene rings is 1. The summed E-state index contributed by atoms with van der Waals surface area (Å²) in [5.41, 5.74) is 1.41. The lowest BCUT2D eigenvalue weighted by atomic mass is 9.82. The second-order valence-electron chi connectivity index (χ2n) is 7.43. The number of amides is 4. The number of ether oxygens (including phenoxy) is 1. The van der Waals surface area contributed by atoms with E-state index in [-0.39, 0.29) is 18.4 Å². The van der Waals surface area contributed by atoms with Crippen LogP contribution in [0.5, 0.6) is 5.75 Å². The van der Waals surface area contributed by atoms with Crippen LogP contribution >= 0.6 is 0 Å². The van der Waals surface area contributed by atoms with Crippen molar-refractivity contribution in [2.24, 2.45) is 0 Å². The first-order valence-corrected chi connectivity index (χ1v) is 9.52. The van der Waals surface area contributed by atoms with Crippen LogP contribution in [0.25, 0.3) is 0 Å². The Hall–Kier alpha value is -2.57. The van der Waals surface area contributed by atoms with Gasteiger partial charge in [0.05, 0.1) is 6.54 Å². The van der Waals surface area contributed by atoms with Gasteiger partial charge in [-0.25, -0.2) is 4.79 Å². The van der Waals surface area contributed by atoms with E-state index in [0.29, 0.717) is 26.0 Å². The fraction of sp³-hybridized carbons (Fsp3) is 0.550. The number of nitrogens with one attached hydrogen (secondary N) is 2. The predicted molar refractivity (Wildman–Crippen MR) is 100 cm³/mol. The van der Waals surface area contributed by atoms with Crippen LogP contribution < -0.4 is 15.4 Å². The number of imide groups is 1. The number of urea groups is 1. The minimum atomic E-state index is -0.790. The van der Waals surface area contributed by atoms with Gasteiger partial charge < -0.3 is 15.4 Å². The molecule has 27 heavy (non-hydrogen) atoms. The average molecular weight is 373 g/mol. The lowest BCUT2D eigenvalue weighted by Gasteiger charge is -2.30. The fourth-order valence-electron chi connectivity index (χ4n) is 3.83.